The molecule has 6 nitrogen and oxygen atoms in total. The molecule has 3 rings (SSSR count). The number of carbonyl (C=O) groups excluding carboxylic acids is 2. The predicted molar refractivity (Wildman–Crippen MR) is 91.8 cm³/mol. The smallest absolute Gasteiger partial charge is 0.416 e. The monoisotopic (exact) mass is 396 g/mol. The van der Waals surface area contributed by atoms with Crippen molar-refractivity contribution >= 4 is 11.9 Å². The number of alkyl halides is 3. The van der Waals surface area contributed by atoms with Crippen molar-refractivity contribution in [3.63, 3.8) is 0 Å². The number of benzene rings is 1. The van der Waals surface area contributed by atoms with Crippen LogP contribution < -0.4 is 0 Å². The first-order valence-corrected chi connectivity index (χ1v) is 8.69. The van der Waals surface area contributed by atoms with Crippen LogP contribution in [0, 0.1) is 13.8 Å². The Labute approximate surface area is 159 Å². The number of ether oxygens (including phenoxy) is 2. The zero-order valence-electron chi connectivity index (χ0n) is 15.5. The third-order valence-electron chi connectivity index (χ3n) is 4.58. The van der Waals surface area contributed by atoms with Crippen molar-refractivity contribution < 1.29 is 32.2 Å². The quantitative estimate of drug-likeness (QED) is 0.742. The molecule has 0 saturated carbocycles. The second kappa shape index (κ2) is 7.29. The van der Waals surface area contributed by atoms with E-state index in [-0.39, 0.29) is 18.2 Å². The van der Waals surface area contributed by atoms with Crippen LogP contribution >= 0.6 is 0 Å². The van der Waals surface area contributed by atoms with Gasteiger partial charge >= 0.3 is 18.1 Å². The first-order valence-electron chi connectivity index (χ1n) is 8.69. The lowest BCUT2D eigenvalue weighted by atomic mass is 10.1. The summed E-state index contributed by atoms with van der Waals surface area (Å²) >= 11 is 0. The summed E-state index contributed by atoms with van der Waals surface area (Å²) in [7, 11) is 0. The average Bonchev–Trinajstić information content (AvgIpc) is 3.06. The number of nitrogens with zero attached hydrogens (tertiary/aromatic N) is 2. The Kier molecular flexibility index (Phi) is 5.18. The van der Waals surface area contributed by atoms with Crippen LogP contribution in [-0.2, 0) is 31.7 Å². The molecule has 0 bridgehead atoms. The second-order valence-electron chi connectivity index (χ2n) is 6.75. The lowest BCUT2D eigenvalue weighted by Crippen LogP contribution is -2.24. The van der Waals surface area contributed by atoms with Crippen LogP contribution in [-0.4, -0.2) is 33.9 Å². The SMILES string of the molecule is Cc1nn(-c2cccc(C(F)(F)F)c2)c(C)c1CC(=O)O[C@@H]1C[C@H](C)OC1=O. The van der Waals surface area contributed by atoms with Gasteiger partial charge in [0.2, 0.25) is 6.10 Å². The van der Waals surface area contributed by atoms with Crippen LogP contribution in [0.1, 0.15) is 35.9 Å². The van der Waals surface area contributed by atoms with Crippen LogP contribution in [0.2, 0.25) is 0 Å². The fourth-order valence-electron chi connectivity index (χ4n) is 3.16. The highest BCUT2D eigenvalue weighted by molar-refractivity contribution is 5.82. The molecule has 0 amide bonds. The van der Waals surface area contributed by atoms with E-state index in [1.54, 1.807) is 20.8 Å². The Morgan fingerprint density at radius 2 is 2.07 bits per heavy atom. The maximum atomic E-state index is 13.0. The summed E-state index contributed by atoms with van der Waals surface area (Å²) in [6.07, 6.45) is -5.55. The van der Waals surface area contributed by atoms with Gasteiger partial charge in [0.1, 0.15) is 6.10 Å². The molecule has 0 unspecified atom stereocenters. The number of hydrogen-bond donors (Lipinski definition) is 0. The molecule has 1 aliphatic rings. The van der Waals surface area contributed by atoms with Crippen LogP contribution in [0.15, 0.2) is 24.3 Å². The van der Waals surface area contributed by atoms with Gasteiger partial charge in [0, 0.05) is 17.7 Å². The first kappa shape index (κ1) is 19.9. The highest BCUT2D eigenvalue weighted by atomic mass is 19.4. The van der Waals surface area contributed by atoms with E-state index >= 15 is 0 Å². The number of carbonyl (C=O) groups is 2. The fourth-order valence-corrected chi connectivity index (χ4v) is 3.16. The lowest BCUT2D eigenvalue weighted by Gasteiger charge is -2.11. The summed E-state index contributed by atoms with van der Waals surface area (Å²) in [5.41, 5.74) is 1.02. The average molecular weight is 396 g/mol. The maximum Gasteiger partial charge on any atom is 0.416 e. The van der Waals surface area contributed by atoms with Gasteiger partial charge in [0.05, 0.1) is 23.4 Å². The lowest BCUT2D eigenvalue weighted by molar-refractivity contribution is -0.160. The Morgan fingerprint density at radius 3 is 2.68 bits per heavy atom. The molecule has 0 spiro atoms. The summed E-state index contributed by atoms with van der Waals surface area (Å²) in [5, 5.41) is 4.27. The zero-order valence-corrected chi connectivity index (χ0v) is 15.5. The molecule has 1 aromatic carbocycles. The molecule has 1 saturated heterocycles. The summed E-state index contributed by atoms with van der Waals surface area (Å²) in [4.78, 5) is 23.8. The van der Waals surface area contributed by atoms with Gasteiger partial charge in [-0.2, -0.15) is 18.3 Å². The van der Waals surface area contributed by atoms with Crippen LogP contribution in [0.25, 0.3) is 5.69 Å². The van der Waals surface area contributed by atoms with Crippen molar-refractivity contribution in [2.75, 3.05) is 0 Å². The molecule has 1 fully saturated rings. The Bertz CT molecular complexity index is 920. The van der Waals surface area contributed by atoms with Gasteiger partial charge in [-0.1, -0.05) is 6.07 Å². The molecular weight excluding hydrogens is 377 g/mol. The van der Waals surface area contributed by atoms with Crippen molar-refractivity contribution in [3.05, 3.63) is 46.8 Å². The van der Waals surface area contributed by atoms with Crippen molar-refractivity contribution in [3.8, 4) is 5.69 Å². The first-order chi connectivity index (χ1) is 13.1. The second-order valence-corrected chi connectivity index (χ2v) is 6.75. The number of hydrogen-bond acceptors (Lipinski definition) is 5. The summed E-state index contributed by atoms with van der Waals surface area (Å²) in [6.45, 7) is 5.03. The highest BCUT2D eigenvalue weighted by Gasteiger charge is 2.35. The minimum Gasteiger partial charge on any atom is -0.460 e. The number of rotatable bonds is 4. The number of cyclic esters (lactones) is 1. The molecule has 9 heteroatoms. The summed E-state index contributed by atoms with van der Waals surface area (Å²) in [6, 6.07) is 4.79. The van der Waals surface area contributed by atoms with Gasteiger partial charge < -0.3 is 9.47 Å². The Morgan fingerprint density at radius 1 is 1.36 bits per heavy atom. The molecule has 0 aliphatic carbocycles. The molecule has 1 aromatic heterocycles. The van der Waals surface area contributed by atoms with Crippen molar-refractivity contribution in [2.45, 2.75) is 52.0 Å². The summed E-state index contributed by atoms with van der Waals surface area (Å²) in [5.74, 6) is -1.19. The van der Waals surface area contributed by atoms with Gasteiger partial charge in [-0.3, -0.25) is 4.79 Å². The zero-order chi connectivity index (χ0) is 20.6. The van der Waals surface area contributed by atoms with E-state index < -0.39 is 29.8 Å². The van der Waals surface area contributed by atoms with E-state index in [9.17, 15) is 22.8 Å². The number of esters is 2. The molecule has 1 aliphatic heterocycles. The van der Waals surface area contributed by atoms with E-state index in [0.717, 1.165) is 12.1 Å². The van der Waals surface area contributed by atoms with Crippen LogP contribution in [0.3, 0.4) is 0 Å². The molecule has 2 heterocycles. The van der Waals surface area contributed by atoms with Gasteiger partial charge in [-0.15, -0.1) is 0 Å². The minimum atomic E-state index is -4.47. The predicted octanol–water partition coefficient (Wildman–Crippen LogP) is 3.30. The molecule has 2 aromatic rings. The van der Waals surface area contributed by atoms with Gasteiger partial charge in [-0.05, 0) is 39.0 Å². The van der Waals surface area contributed by atoms with Gasteiger partial charge in [0.25, 0.3) is 0 Å². The topological polar surface area (TPSA) is 70.4 Å². The van der Waals surface area contributed by atoms with Crippen molar-refractivity contribution in [2.24, 2.45) is 0 Å². The van der Waals surface area contributed by atoms with E-state index in [1.165, 1.54) is 16.8 Å². The van der Waals surface area contributed by atoms with E-state index in [2.05, 4.69) is 5.10 Å². The molecular formula is C19H19F3N2O4. The van der Waals surface area contributed by atoms with Crippen LogP contribution in [0.5, 0.6) is 0 Å². The third-order valence-corrected chi connectivity index (χ3v) is 4.58. The maximum absolute atomic E-state index is 13.0. The van der Waals surface area contributed by atoms with E-state index in [1.807, 2.05) is 0 Å². The van der Waals surface area contributed by atoms with E-state index in [0.29, 0.717) is 23.4 Å². The number of halogens is 3. The standard InChI is InChI=1S/C19H19F3N2O4/c1-10-7-16(18(26)27-10)28-17(25)9-15-11(2)23-24(12(15)3)14-6-4-5-13(8-14)19(20,21)22/h4-6,8,10,16H,7,9H2,1-3H3/t10-,16+/m0/s1. The largest absolute Gasteiger partial charge is 0.460 e. The Balaban J connectivity index is 1.81. The normalized spacial score (nSPS) is 19.6. The third kappa shape index (κ3) is 4.02. The molecule has 0 N–H and O–H groups in total. The number of aryl methyl sites for hydroxylation is 1. The highest BCUT2D eigenvalue weighted by Crippen LogP contribution is 2.31. The molecule has 28 heavy (non-hydrogen) atoms. The molecule has 150 valence electrons. The van der Waals surface area contributed by atoms with Crippen molar-refractivity contribution in [1.29, 1.82) is 0 Å². The molecule has 2 atom stereocenters. The van der Waals surface area contributed by atoms with Crippen LogP contribution in [0.4, 0.5) is 13.2 Å². The van der Waals surface area contributed by atoms with Crippen molar-refractivity contribution in [1.82, 2.24) is 9.78 Å². The minimum absolute atomic E-state index is 0.144. The molecule has 0 radical (unpaired) electrons. The van der Waals surface area contributed by atoms with E-state index in [4.69, 9.17) is 9.47 Å². The van der Waals surface area contributed by atoms with Gasteiger partial charge in [0.15, 0.2) is 0 Å². The Hall–Kier alpha value is -2.84. The number of aromatic nitrogens is 2. The summed E-state index contributed by atoms with van der Waals surface area (Å²) < 4.78 is 50.4. The van der Waals surface area contributed by atoms with Gasteiger partial charge in [-0.25, -0.2) is 9.48 Å². The fraction of sp³-hybridized carbons (Fsp3) is 0.421.